The fourth-order valence-corrected chi connectivity index (χ4v) is 3.36. The first-order valence-corrected chi connectivity index (χ1v) is 7.55. The van der Waals surface area contributed by atoms with Crippen LogP contribution in [0.4, 0.5) is 0 Å². The molecular formula is C15H19Cl2N. The molecule has 1 aromatic carbocycles. The summed E-state index contributed by atoms with van der Waals surface area (Å²) in [6.45, 7) is 3.29. The molecule has 3 heteroatoms. The molecule has 0 amide bonds. The SMILES string of the molecule is CC(NCC1(C2CC2)CC1)c1cc(Cl)ccc1Cl. The summed E-state index contributed by atoms with van der Waals surface area (Å²) in [6.07, 6.45) is 5.68. The van der Waals surface area contributed by atoms with Crippen LogP contribution in [0, 0.1) is 11.3 Å². The quantitative estimate of drug-likeness (QED) is 0.816. The Kier molecular flexibility index (Phi) is 3.34. The van der Waals surface area contributed by atoms with Gasteiger partial charge < -0.3 is 5.32 Å². The van der Waals surface area contributed by atoms with E-state index in [4.69, 9.17) is 23.2 Å². The van der Waals surface area contributed by atoms with Gasteiger partial charge in [0, 0.05) is 22.6 Å². The van der Waals surface area contributed by atoms with Crippen LogP contribution in [0.3, 0.4) is 0 Å². The van der Waals surface area contributed by atoms with Crippen molar-refractivity contribution in [2.75, 3.05) is 6.54 Å². The molecule has 3 rings (SSSR count). The van der Waals surface area contributed by atoms with Crippen LogP contribution in [0.2, 0.25) is 10.0 Å². The topological polar surface area (TPSA) is 12.0 Å². The van der Waals surface area contributed by atoms with Gasteiger partial charge in [-0.05, 0) is 67.7 Å². The van der Waals surface area contributed by atoms with E-state index in [1.807, 2.05) is 18.2 Å². The van der Waals surface area contributed by atoms with E-state index in [1.165, 1.54) is 25.7 Å². The van der Waals surface area contributed by atoms with E-state index in [1.54, 1.807) is 0 Å². The van der Waals surface area contributed by atoms with Gasteiger partial charge in [0.05, 0.1) is 0 Å². The molecule has 1 aromatic rings. The van der Waals surface area contributed by atoms with E-state index in [2.05, 4.69) is 12.2 Å². The van der Waals surface area contributed by atoms with E-state index < -0.39 is 0 Å². The molecule has 0 aliphatic heterocycles. The summed E-state index contributed by atoms with van der Waals surface area (Å²) < 4.78 is 0. The lowest BCUT2D eigenvalue weighted by Crippen LogP contribution is -2.28. The summed E-state index contributed by atoms with van der Waals surface area (Å²) in [5.41, 5.74) is 1.73. The predicted octanol–water partition coefficient (Wildman–Crippen LogP) is 4.83. The van der Waals surface area contributed by atoms with Crippen molar-refractivity contribution in [2.45, 2.75) is 38.6 Å². The largest absolute Gasteiger partial charge is 0.310 e. The number of hydrogen-bond donors (Lipinski definition) is 1. The van der Waals surface area contributed by atoms with Crippen LogP contribution in [-0.2, 0) is 0 Å². The fourth-order valence-electron chi connectivity index (χ4n) is 2.90. The molecule has 1 nitrogen and oxygen atoms in total. The lowest BCUT2D eigenvalue weighted by atomic mass is 9.99. The van der Waals surface area contributed by atoms with Gasteiger partial charge in [0.25, 0.3) is 0 Å². The summed E-state index contributed by atoms with van der Waals surface area (Å²) in [6, 6.07) is 5.96. The van der Waals surface area contributed by atoms with Crippen LogP contribution in [0.1, 0.15) is 44.2 Å². The van der Waals surface area contributed by atoms with Crippen molar-refractivity contribution in [3.63, 3.8) is 0 Å². The Morgan fingerprint density at radius 1 is 1.33 bits per heavy atom. The number of rotatable bonds is 5. The molecular weight excluding hydrogens is 265 g/mol. The fraction of sp³-hybridized carbons (Fsp3) is 0.600. The van der Waals surface area contributed by atoms with Crippen LogP contribution in [0.25, 0.3) is 0 Å². The smallest absolute Gasteiger partial charge is 0.0454 e. The molecule has 2 fully saturated rings. The first-order valence-electron chi connectivity index (χ1n) is 6.79. The molecule has 18 heavy (non-hydrogen) atoms. The van der Waals surface area contributed by atoms with E-state index in [0.717, 1.165) is 28.1 Å². The molecule has 0 radical (unpaired) electrons. The molecule has 1 atom stereocenters. The molecule has 2 aliphatic rings. The molecule has 0 spiro atoms. The Bertz CT molecular complexity index is 450. The minimum atomic E-state index is 0.271. The molecule has 0 bridgehead atoms. The summed E-state index contributed by atoms with van der Waals surface area (Å²) in [7, 11) is 0. The highest BCUT2D eigenvalue weighted by molar-refractivity contribution is 6.33. The molecule has 2 saturated carbocycles. The molecule has 0 aromatic heterocycles. The van der Waals surface area contributed by atoms with Crippen LogP contribution in [0.15, 0.2) is 18.2 Å². The Morgan fingerprint density at radius 3 is 2.67 bits per heavy atom. The lowest BCUT2D eigenvalue weighted by molar-refractivity contribution is 0.382. The van der Waals surface area contributed by atoms with Gasteiger partial charge in [0.1, 0.15) is 0 Å². The maximum absolute atomic E-state index is 6.23. The summed E-state index contributed by atoms with van der Waals surface area (Å²) in [5, 5.41) is 5.21. The average Bonchev–Trinajstić information content (AvgIpc) is 3.21. The standard InChI is InChI=1S/C15H19Cl2N/c1-10(13-8-12(16)4-5-14(13)17)18-9-15(6-7-15)11-2-3-11/h4-5,8,10-11,18H,2-3,6-7,9H2,1H3. The van der Waals surface area contributed by atoms with E-state index in [9.17, 15) is 0 Å². The minimum Gasteiger partial charge on any atom is -0.310 e. The van der Waals surface area contributed by atoms with Crippen molar-refractivity contribution >= 4 is 23.2 Å². The lowest BCUT2D eigenvalue weighted by Gasteiger charge is -2.21. The van der Waals surface area contributed by atoms with Crippen molar-refractivity contribution in [3.05, 3.63) is 33.8 Å². The zero-order valence-electron chi connectivity index (χ0n) is 10.7. The normalized spacial score (nSPS) is 22.8. The first kappa shape index (κ1) is 12.8. The van der Waals surface area contributed by atoms with Crippen LogP contribution in [0.5, 0.6) is 0 Å². The highest BCUT2D eigenvalue weighted by Gasteiger charge is 2.53. The van der Waals surface area contributed by atoms with Crippen LogP contribution < -0.4 is 5.32 Å². The average molecular weight is 284 g/mol. The highest BCUT2D eigenvalue weighted by atomic mass is 35.5. The van der Waals surface area contributed by atoms with Gasteiger partial charge in [-0.25, -0.2) is 0 Å². The number of nitrogens with one attached hydrogen (secondary N) is 1. The summed E-state index contributed by atoms with van der Waals surface area (Å²) >= 11 is 12.3. The molecule has 0 heterocycles. The minimum absolute atomic E-state index is 0.271. The summed E-state index contributed by atoms with van der Waals surface area (Å²) in [4.78, 5) is 0. The summed E-state index contributed by atoms with van der Waals surface area (Å²) in [5.74, 6) is 0.993. The predicted molar refractivity (Wildman–Crippen MR) is 77.3 cm³/mol. The van der Waals surface area contributed by atoms with E-state index in [0.29, 0.717) is 5.41 Å². The van der Waals surface area contributed by atoms with Gasteiger partial charge in [0.2, 0.25) is 0 Å². The van der Waals surface area contributed by atoms with Gasteiger partial charge in [-0.1, -0.05) is 23.2 Å². The third-order valence-electron chi connectivity index (χ3n) is 4.52. The Morgan fingerprint density at radius 2 is 2.06 bits per heavy atom. The van der Waals surface area contributed by atoms with Gasteiger partial charge in [-0.2, -0.15) is 0 Å². The molecule has 0 saturated heterocycles. The van der Waals surface area contributed by atoms with Crippen molar-refractivity contribution < 1.29 is 0 Å². The van der Waals surface area contributed by atoms with Gasteiger partial charge in [-0.15, -0.1) is 0 Å². The second-order valence-corrected chi connectivity index (χ2v) is 6.75. The van der Waals surface area contributed by atoms with Gasteiger partial charge >= 0.3 is 0 Å². The first-order chi connectivity index (χ1) is 8.61. The van der Waals surface area contributed by atoms with E-state index >= 15 is 0 Å². The van der Waals surface area contributed by atoms with Crippen LogP contribution >= 0.6 is 23.2 Å². The molecule has 1 unspecified atom stereocenters. The van der Waals surface area contributed by atoms with Gasteiger partial charge in [-0.3, -0.25) is 0 Å². The van der Waals surface area contributed by atoms with Crippen LogP contribution in [-0.4, -0.2) is 6.54 Å². The zero-order valence-corrected chi connectivity index (χ0v) is 12.2. The third kappa shape index (κ3) is 2.54. The number of halogens is 2. The Labute approximate surface area is 119 Å². The third-order valence-corrected chi connectivity index (χ3v) is 5.10. The van der Waals surface area contributed by atoms with Gasteiger partial charge in [0.15, 0.2) is 0 Å². The second kappa shape index (κ2) is 4.70. The Balaban J connectivity index is 1.63. The van der Waals surface area contributed by atoms with Crippen molar-refractivity contribution in [1.29, 1.82) is 0 Å². The van der Waals surface area contributed by atoms with Crippen molar-refractivity contribution in [1.82, 2.24) is 5.32 Å². The van der Waals surface area contributed by atoms with Crippen molar-refractivity contribution in [3.8, 4) is 0 Å². The molecule has 98 valence electrons. The second-order valence-electron chi connectivity index (χ2n) is 5.91. The zero-order chi connectivity index (χ0) is 12.8. The molecule has 2 aliphatic carbocycles. The van der Waals surface area contributed by atoms with Crippen molar-refractivity contribution in [2.24, 2.45) is 11.3 Å². The van der Waals surface area contributed by atoms with E-state index in [-0.39, 0.29) is 6.04 Å². The highest BCUT2D eigenvalue weighted by Crippen LogP contribution is 2.61. The number of benzene rings is 1. The Hall–Kier alpha value is -0.240. The maximum Gasteiger partial charge on any atom is 0.0454 e. The molecule has 1 N–H and O–H groups in total. The monoisotopic (exact) mass is 283 g/mol. The number of hydrogen-bond acceptors (Lipinski definition) is 1. The maximum atomic E-state index is 6.23.